The van der Waals surface area contributed by atoms with Crippen LogP contribution in [0.5, 0.6) is 0 Å². The zero-order chi connectivity index (χ0) is 16.0. The van der Waals surface area contributed by atoms with E-state index in [2.05, 4.69) is 15.6 Å². The molecule has 0 aliphatic rings. The molecule has 0 saturated heterocycles. The third-order valence-corrected chi connectivity index (χ3v) is 3.26. The Bertz CT molecular complexity index is 483. The van der Waals surface area contributed by atoms with Gasteiger partial charge in [-0.25, -0.2) is 4.79 Å². The third kappa shape index (κ3) is 5.81. The van der Waals surface area contributed by atoms with Gasteiger partial charge >= 0.3 is 12.0 Å². The van der Waals surface area contributed by atoms with Crippen molar-refractivity contribution < 1.29 is 14.7 Å². The number of carboxylic acids is 1. The highest BCUT2D eigenvalue weighted by atomic mass is 16.4. The second-order valence-electron chi connectivity index (χ2n) is 6.14. The summed E-state index contributed by atoms with van der Waals surface area (Å²) in [7, 11) is 0. The fraction of sp³-hybridized carbons (Fsp3) is 0.533. The zero-order valence-electron chi connectivity index (χ0n) is 12.9. The van der Waals surface area contributed by atoms with Crippen LogP contribution in [0, 0.1) is 5.41 Å². The number of aliphatic carboxylic acids is 1. The molecule has 1 aromatic heterocycles. The van der Waals surface area contributed by atoms with E-state index >= 15 is 0 Å². The van der Waals surface area contributed by atoms with Gasteiger partial charge < -0.3 is 15.7 Å². The number of rotatable bonds is 5. The highest BCUT2D eigenvalue weighted by molar-refractivity contribution is 5.76. The summed E-state index contributed by atoms with van der Waals surface area (Å²) >= 11 is 0. The van der Waals surface area contributed by atoms with Gasteiger partial charge in [-0.3, -0.25) is 9.78 Å². The first-order valence-corrected chi connectivity index (χ1v) is 6.89. The second-order valence-corrected chi connectivity index (χ2v) is 6.14. The van der Waals surface area contributed by atoms with Crippen LogP contribution in [0.2, 0.25) is 0 Å². The molecule has 0 aliphatic carbocycles. The second kappa shape index (κ2) is 7.06. The van der Waals surface area contributed by atoms with E-state index in [1.54, 1.807) is 18.5 Å². The molecule has 6 heteroatoms. The predicted molar refractivity (Wildman–Crippen MR) is 79.8 cm³/mol. The molecule has 0 aliphatic heterocycles. The summed E-state index contributed by atoms with van der Waals surface area (Å²) < 4.78 is 0. The molecule has 0 saturated carbocycles. The largest absolute Gasteiger partial charge is 0.481 e. The van der Waals surface area contributed by atoms with Crippen LogP contribution >= 0.6 is 0 Å². The molecule has 2 amide bonds. The van der Waals surface area contributed by atoms with Crippen molar-refractivity contribution in [3.63, 3.8) is 0 Å². The van der Waals surface area contributed by atoms with E-state index in [9.17, 15) is 9.59 Å². The lowest BCUT2D eigenvalue weighted by Gasteiger charge is -2.30. The van der Waals surface area contributed by atoms with Crippen LogP contribution in [0.15, 0.2) is 24.5 Å². The van der Waals surface area contributed by atoms with E-state index in [1.807, 2.05) is 33.8 Å². The number of aromatic nitrogens is 1. The van der Waals surface area contributed by atoms with Crippen LogP contribution in [0.3, 0.4) is 0 Å². The monoisotopic (exact) mass is 293 g/mol. The lowest BCUT2D eigenvalue weighted by Crippen LogP contribution is -2.49. The Balaban J connectivity index is 2.64. The van der Waals surface area contributed by atoms with E-state index in [1.165, 1.54) is 0 Å². The predicted octanol–water partition coefficient (Wildman–Crippen LogP) is 2.33. The quantitative estimate of drug-likeness (QED) is 0.777. The van der Waals surface area contributed by atoms with Crippen LogP contribution in [0.25, 0.3) is 0 Å². The Morgan fingerprint density at radius 2 is 2.00 bits per heavy atom. The van der Waals surface area contributed by atoms with Gasteiger partial charge in [-0.1, -0.05) is 26.8 Å². The highest BCUT2D eigenvalue weighted by Crippen LogP contribution is 2.22. The summed E-state index contributed by atoms with van der Waals surface area (Å²) in [6.45, 7) is 7.53. The number of hydrogen-bond acceptors (Lipinski definition) is 3. The number of pyridine rings is 1. The molecular formula is C15H23N3O3. The molecule has 0 bridgehead atoms. The van der Waals surface area contributed by atoms with Crippen molar-refractivity contribution in [2.24, 2.45) is 5.41 Å². The highest BCUT2D eigenvalue weighted by Gasteiger charge is 2.28. The molecule has 1 heterocycles. The lowest BCUT2D eigenvalue weighted by molar-refractivity contribution is -0.138. The first kappa shape index (κ1) is 16.9. The Hall–Kier alpha value is -2.11. The fourth-order valence-electron chi connectivity index (χ4n) is 1.86. The van der Waals surface area contributed by atoms with Crippen molar-refractivity contribution in [1.29, 1.82) is 0 Å². The Morgan fingerprint density at radius 3 is 2.48 bits per heavy atom. The van der Waals surface area contributed by atoms with E-state index in [0.717, 1.165) is 5.56 Å². The van der Waals surface area contributed by atoms with Gasteiger partial charge in [0.1, 0.15) is 0 Å². The zero-order valence-corrected chi connectivity index (χ0v) is 12.9. The number of amides is 2. The minimum atomic E-state index is -0.935. The average molecular weight is 293 g/mol. The number of hydrogen-bond donors (Lipinski definition) is 3. The van der Waals surface area contributed by atoms with E-state index in [4.69, 9.17) is 5.11 Å². The molecule has 0 fully saturated rings. The molecule has 116 valence electrons. The van der Waals surface area contributed by atoms with Gasteiger partial charge in [0, 0.05) is 18.4 Å². The van der Waals surface area contributed by atoms with Crippen molar-refractivity contribution in [2.45, 2.75) is 46.2 Å². The van der Waals surface area contributed by atoms with Crippen molar-refractivity contribution in [3.8, 4) is 0 Å². The smallest absolute Gasteiger partial charge is 0.315 e. The third-order valence-electron chi connectivity index (χ3n) is 3.26. The van der Waals surface area contributed by atoms with Crippen LogP contribution < -0.4 is 10.6 Å². The van der Waals surface area contributed by atoms with Gasteiger partial charge in [-0.2, -0.15) is 0 Å². The lowest BCUT2D eigenvalue weighted by atomic mass is 9.85. The molecule has 0 spiro atoms. The number of urea groups is 1. The summed E-state index contributed by atoms with van der Waals surface area (Å²) in [6.07, 6.45) is 3.24. The maximum absolute atomic E-state index is 12.0. The number of carboxylic acid groups (broad SMARTS) is 1. The van der Waals surface area contributed by atoms with Crippen LogP contribution in [-0.2, 0) is 4.79 Å². The molecule has 3 N–H and O–H groups in total. The topological polar surface area (TPSA) is 91.3 Å². The SMILES string of the molecule is CC(NC(=O)NC(CC(=O)O)C(C)(C)C)c1cccnc1. The molecule has 2 unspecified atom stereocenters. The van der Waals surface area contributed by atoms with Crippen molar-refractivity contribution in [2.75, 3.05) is 0 Å². The van der Waals surface area contributed by atoms with Crippen LogP contribution in [0.4, 0.5) is 4.79 Å². The molecular weight excluding hydrogens is 270 g/mol. The number of carbonyl (C=O) groups is 2. The summed E-state index contributed by atoms with van der Waals surface area (Å²) in [5.41, 5.74) is 0.547. The molecule has 6 nitrogen and oxygen atoms in total. The van der Waals surface area contributed by atoms with Crippen molar-refractivity contribution in [1.82, 2.24) is 15.6 Å². The fourth-order valence-corrected chi connectivity index (χ4v) is 1.86. The molecule has 0 aromatic carbocycles. The van der Waals surface area contributed by atoms with E-state index in [-0.39, 0.29) is 23.9 Å². The summed E-state index contributed by atoms with van der Waals surface area (Å²) in [6, 6.07) is 2.64. The number of nitrogens with one attached hydrogen (secondary N) is 2. The summed E-state index contributed by atoms with van der Waals surface area (Å²) in [5.74, 6) is -0.935. The number of carbonyl (C=O) groups excluding carboxylic acids is 1. The first-order chi connectivity index (χ1) is 9.70. The van der Waals surface area contributed by atoms with Crippen LogP contribution in [-0.4, -0.2) is 28.1 Å². The Labute approximate surface area is 125 Å². The van der Waals surface area contributed by atoms with E-state index in [0.29, 0.717) is 0 Å². The van der Waals surface area contributed by atoms with Gasteiger partial charge in [0.25, 0.3) is 0 Å². The van der Waals surface area contributed by atoms with Crippen molar-refractivity contribution >= 4 is 12.0 Å². The normalized spacial score (nSPS) is 14.1. The molecule has 21 heavy (non-hydrogen) atoms. The molecule has 1 aromatic rings. The van der Waals surface area contributed by atoms with Gasteiger partial charge in [0.05, 0.1) is 12.5 Å². The van der Waals surface area contributed by atoms with E-state index < -0.39 is 12.0 Å². The molecule has 2 atom stereocenters. The van der Waals surface area contributed by atoms with Crippen LogP contribution in [0.1, 0.15) is 45.7 Å². The first-order valence-electron chi connectivity index (χ1n) is 6.89. The maximum Gasteiger partial charge on any atom is 0.315 e. The van der Waals surface area contributed by atoms with Crippen molar-refractivity contribution in [3.05, 3.63) is 30.1 Å². The minimum absolute atomic E-state index is 0.113. The summed E-state index contributed by atoms with van der Waals surface area (Å²) in [5, 5.41) is 14.5. The molecule has 1 rings (SSSR count). The number of nitrogens with zero attached hydrogens (tertiary/aromatic N) is 1. The van der Waals surface area contributed by atoms with Gasteiger partial charge in [-0.05, 0) is 24.0 Å². The minimum Gasteiger partial charge on any atom is -0.481 e. The van der Waals surface area contributed by atoms with Gasteiger partial charge in [-0.15, -0.1) is 0 Å². The summed E-state index contributed by atoms with van der Waals surface area (Å²) in [4.78, 5) is 26.9. The molecule has 0 radical (unpaired) electrons. The Morgan fingerprint density at radius 1 is 1.33 bits per heavy atom. The average Bonchev–Trinajstić information content (AvgIpc) is 2.37. The van der Waals surface area contributed by atoms with Gasteiger partial charge in [0.2, 0.25) is 0 Å². The standard InChI is InChI=1S/C15H23N3O3/c1-10(11-6-5-7-16-9-11)17-14(21)18-12(8-13(19)20)15(2,3)4/h5-7,9-10,12H,8H2,1-4H3,(H,19,20)(H2,17,18,21). The van der Waals surface area contributed by atoms with Gasteiger partial charge in [0.15, 0.2) is 0 Å². The maximum atomic E-state index is 12.0. The Kier molecular flexibility index (Phi) is 5.69.